The molecule has 2 rings (SSSR count). The molecule has 2 N–H and O–H groups in total. The number of nitrogens with zero attached hydrogens (tertiary/aromatic N) is 1. The Balaban J connectivity index is 1.90. The number of hydrogen-bond acceptors (Lipinski definition) is 4. The number of hydrogen-bond donors (Lipinski definition) is 1. The molecule has 0 saturated carbocycles. The number of likely N-dealkylation sites (tertiary alicyclic amines) is 1. The van der Waals surface area contributed by atoms with Crippen molar-refractivity contribution in [2.24, 2.45) is 11.7 Å². The molecule has 99 valence electrons. The van der Waals surface area contributed by atoms with E-state index in [1.165, 1.54) is 11.3 Å². The summed E-state index contributed by atoms with van der Waals surface area (Å²) in [6.45, 7) is 2.29. The van der Waals surface area contributed by atoms with Gasteiger partial charge in [-0.1, -0.05) is 6.92 Å². The van der Waals surface area contributed by atoms with Gasteiger partial charge in [0, 0.05) is 12.5 Å². The van der Waals surface area contributed by atoms with Gasteiger partial charge in [-0.3, -0.25) is 14.4 Å². The third-order valence-electron chi connectivity index (χ3n) is 3.53. The Morgan fingerprint density at radius 3 is 3.00 bits per heavy atom. The molecule has 1 radical (unpaired) electrons. The van der Waals surface area contributed by atoms with Crippen molar-refractivity contribution in [3.63, 3.8) is 0 Å². The highest BCUT2D eigenvalue weighted by Gasteiger charge is 2.46. The molecule has 18 heavy (non-hydrogen) atoms. The molecule has 2 amide bonds. The van der Waals surface area contributed by atoms with Crippen LogP contribution in [0.2, 0.25) is 0 Å². The van der Waals surface area contributed by atoms with Gasteiger partial charge < -0.3 is 15.4 Å². The number of fused-ring (bicyclic) bond motifs is 1. The predicted molar refractivity (Wildman–Crippen MR) is 62.1 cm³/mol. The van der Waals surface area contributed by atoms with Gasteiger partial charge in [0.15, 0.2) is 5.78 Å². The zero-order valence-corrected chi connectivity index (χ0v) is 10.3. The number of rotatable bonds is 4. The van der Waals surface area contributed by atoms with Crippen molar-refractivity contribution in [2.75, 3.05) is 13.2 Å². The lowest BCUT2D eigenvalue weighted by Gasteiger charge is -2.21. The Hall–Kier alpha value is -1.43. The Kier molecular flexibility index (Phi) is 3.65. The molecule has 3 atom stereocenters. The van der Waals surface area contributed by atoms with E-state index in [1.807, 2.05) is 0 Å². The Labute approximate surface area is 105 Å². The zero-order valence-electron chi connectivity index (χ0n) is 10.3. The molecular weight excluding hydrogens is 236 g/mol. The van der Waals surface area contributed by atoms with Crippen molar-refractivity contribution in [2.45, 2.75) is 31.9 Å². The number of carbonyl (C=O) groups excluding carboxylic acids is 3. The summed E-state index contributed by atoms with van der Waals surface area (Å²) >= 11 is 0. The number of amides is 2. The third kappa shape index (κ3) is 2.38. The second-order valence-corrected chi connectivity index (χ2v) is 4.82. The molecule has 6 heteroatoms. The van der Waals surface area contributed by atoms with Gasteiger partial charge in [-0.15, -0.1) is 0 Å². The summed E-state index contributed by atoms with van der Waals surface area (Å²) in [6.07, 6.45) is 2.28. The third-order valence-corrected chi connectivity index (χ3v) is 3.53. The maximum absolute atomic E-state index is 12.0. The lowest BCUT2D eigenvalue weighted by molar-refractivity contribution is -0.133. The molecule has 2 aliphatic rings. The van der Waals surface area contributed by atoms with Crippen molar-refractivity contribution in [1.29, 1.82) is 0 Å². The van der Waals surface area contributed by atoms with E-state index in [0.717, 1.165) is 0 Å². The maximum Gasteiger partial charge on any atom is 0.227 e. The van der Waals surface area contributed by atoms with Gasteiger partial charge in [-0.25, -0.2) is 0 Å². The number of ether oxygens (including phenoxy) is 1. The zero-order chi connectivity index (χ0) is 13.3. The standard InChI is InChI=1S/C12H17N2O4/c1-7(12(13)17)2-3-10(16)14-5-4-9-11(14)8(15)6-18-9/h3,7,9,11H,2,4-6H2,1H3,(H2,13,17)/t7?,9-,11?/m0/s1. The minimum absolute atomic E-state index is 0.0396. The fourth-order valence-electron chi connectivity index (χ4n) is 2.35. The van der Waals surface area contributed by atoms with Crippen molar-refractivity contribution in [3.8, 4) is 0 Å². The summed E-state index contributed by atoms with van der Waals surface area (Å²) in [6, 6.07) is -0.433. The van der Waals surface area contributed by atoms with Crippen molar-refractivity contribution in [1.82, 2.24) is 4.90 Å². The number of primary amides is 1. The van der Waals surface area contributed by atoms with Crippen LogP contribution < -0.4 is 5.73 Å². The van der Waals surface area contributed by atoms with Crippen LogP contribution in [0.4, 0.5) is 0 Å². The average Bonchev–Trinajstić information content (AvgIpc) is 2.89. The van der Waals surface area contributed by atoms with Gasteiger partial charge in [0.2, 0.25) is 11.8 Å². The molecule has 2 unspecified atom stereocenters. The van der Waals surface area contributed by atoms with Crippen LogP contribution in [0, 0.1) is 12.3 Å². The summed E-state index contributed by atoms with van der Waals surface area (Å²) in [5, 5.41) is 0. The summed E-state index contributed by atoms with van der Waals surface area (Å²) in [7, 11) is 0. The summed E-state index contributed by atoms with van der Waals surface area (Å²) < 4.78 is 5.30. The average molecular weight is 253 g/mol. The summed E-state index contributed by atoms with van der Waals surface area (Å²) in [5.41, 5.74) is 5.13. The van der Waals surface area contributed by atoms with E-state index >= 15 is 0 Å². The molecular formula is C12H17N2O4. The van der Waals surface area contributed by atoms with Gasteiger partial charge >= 0.3 is 0 Å². The smallest absolute Gasteiger partial charge is 0.227 e. The molecule has 0 spiro atoms. The van der Waals surface area contributed by atoms with Gasteiger partial charge in [0.25, 0.3) is 0 Å². The second kappa shape index (κ2) is 5.06. The van der Waals surface area contributed by atoms with Crippen LogP contribution in [-0.4, -0.2) is 47.8 Å². The van der Waals surface area contributed by atoms with Crippen LogP contribution in [0.1, 0.15) is 19.8 Å². The van der Waals surface area contributed by atoms with E-state index in [2.05, 4.69) is 0 Å². The highest BCUT2D eigenvalue weighted by Crippen LogP contribution is 2.27. The first-order valence-electron chi connectivity index (χ1n) is 6.08. The lowest BCUT2D eigenvalue weighted by atomic mass is 10.0. The van der Waals surface area contributed by atoms with E-state index < -0.39 is 11.9 Å². The first kappa shape index (κ1) is 13.0. The molecule has 2 aliphatic heterocycles. The molecule has 0 aromatic carbocycles. The quantitative estimate of drug-likeness (QED) is 0.715. The van der Waals surface area contributed by atoms with Crippen molar-refractivity contribution in [3.05, 3.63) is 6.42 Å². The fraction of sp³-hybridized carbons (Fsp3) is 0.667. The minimum Gasteiger partial charge on any atom is -0.369 e. The summed E-state index contributed by atoms with van der Waals surface area (Å²) in [4.78, 5) is 36.0. The first-order chi connectivity index (χ1) is 8.50. The number of ketones is 1. The number of Topliss-reactive ketones (excluding diaryl/α,β-unsaturated/α-hetero) is 1. The molecule has 2 fully saturated rings. The van der Waals surface area contributed by atoms with Crippen LogP contribution in [0.3, 0.4) is 0 Å². The highest BCUT2D eigenvalue weighted by atomic mass is 16.5. The van der Waals surface area contributed by atoms with Crippen molar-refractivity contribution >= 4 is 17.6 Å². The van der Waals surface area contributed by atoms with Gasteiger partial charge in [-0.2, -0.15) is 0 Å². The molecule has 0 aromatic rings. The maximum atomic E-state index is 12.0. The predicted octanol–water partition coefficient (Wildman–Crippen LogP) is -0.729. The molecule has 2 saturated heterocycles. The van der Waals surface area contributed by atoms with Gasteiger partial charge in [-0.05, 0) is 12.8 Å². The molecule has 0 aliphatic carbocycles. The van der Waals surface area contributed by atoms with Crippen LogP contribution in [0.25, 0.3) is 0 Å². The van der Waals surface area contributed by atoms with Gasteiger partial charge in [0.05, 0.1) is 12.5 Å². The Bertz CT molecular complexity index is 382. The Morgan fingerprint density at radius 1 is 1.61 bits per heavy atom. The second-order valence-electron chi connectivity index (χ2n) is 4.82. The van der Waals surface area contributed by atoms with Crippen LogP contribution in [0.5, 0.6) is 0 Å². The monoisotopic (exact) mass is 253 g/mol. The molecule has 6 nitrogen and oxygen atoms in total. The van der Waals surface area contributed by atoms with Crippen LogP contribution in [-0.2, 0) is 19.1 Å². The minimum atomic E-state index is -0.433. The SMILES string of the molecule is CC(C[CH]C(=O)N1CC[C@@H]2OCC(=O)C21)C(N)=O. The number of nitrogens with two attached hydrogens (primary N) is 1. The van der Waals surface area contributed by atoms with E-state index in [1.54, 1.807) is 6.92 Å². The van der Waals surface area contributed by atoms with Gasteiger partial charge in [0.1, 0.15) is 12.6 Å². The Morgan fingerprint density at radius 2 is 2.33 bits per heavy atom. The fourth-order valence-corrected chi connectivity index (χ4v) is 2.35. The van der Waals surface area contributed by atoms with Crippen LogP contribution in [0.15, 0.2) is 0 Å². The summed E-state index contributed by atoms with van der Waals surface area (Å²) in [5.74, 6) is -1.06. The van der Waals surface area contributed by atoms with Crippen molar-refractivity contribution < 1.29 is 19.1 Å². The normalized spacial score (nSPS) is 28.3. The van der Waals surface area contributed by atoms with E-state index in [0.29, 0.717) is 19.4 Å². The van der Waals surface area contributed by atoms with E-state index in [4.69, 9.17) is 10.5 Å². The number of carbonyl (C=O) groups is 3. The van der Waals surface area contributed by atoms with E-state index in [9.17, 15) is 14.4 Å². The topological polar surface area (TPSA) is 89.7 Å². The lowest BCUT2D eigenvalue weighted by Crippen LogP contribution is -2.42. The largest absolute Gasteiger partial charge is 0.369 e. The molecule has 0 aromatic heterocycles. The highest BCUT2D eigenvalue weighted by molar-refractivity contribution is 5.95. The van der Waals surface area contributed by atoms with E-state index in [-0.39, 0.29) is 30.3 Å². The first-order valence-corrected chi connectivity index (χ1v) is 6.08. The molecule has 0 bridgehead atoms. The van der Waals surface area contributed by atoms with Crippen LogP contribution >= 0.6 is 0 Å². The molecule has 2 heterocycles.